The maximum atomic E-state index is 13.3. The zero-order chi connectivity index (χ0) is 20.1. The summed E-state index contributed by atoms with van der Waals surface area (Å²) in [6, 6.07) is 14.2. The first-order chi connectivity index (χ1) is 13.5. The summed E-state index contributed by atoms with van der Waals surface area (Å²) in [4.78, 5) is 28.3. The average molecular weight is 381 g/mol. The molecule has 0 aliphatic carbocycles. The van der Waals surface area contributed by atoms with Crippen LogP contribution in [-0.2, 0) is 4.79 Å². The lowest BCUT2D eigenvalue weighted by Crippen LogP contribution is -2.53. The van der Waals surface area contributed by atoms with Gasteiger partial charge in [0, 0.05) is 31.7 Å². The van der Waals surface area contributed by atoms with Crippen LogP contribution in [0.3, 0.4) is 0 Å². The highest BCUT2D eigenvalue weighted by molar-refractivity contribution is 5.94. The molecule has 0 saturated carbocycles. The number of ether oxygens (including phenoxy) is 1. The van der Waals surface area contributed by atoms with Crippen molar-refractivity contribution in [2.24, 2.45) is 0 Å². The molecule has 6 nitrogen and oxygen atoms in total. The molecule has 1 saturated heterocycles. The molecule has 1 heterocycles. The van der Waals surface area contributed by atoms with E-state index in [-0.39, 0.29) is 11.8 Å². The number of amides is 2. The summed E-state index contributed by atoms with van der Waals surface area (Å²) in [5.41, 5.74) is 0.822. The second-order valence-corrected chi connectivity index (χ2v) is 6.52. The summed E-state index contributed by atoms with van der Waals surface area (Å²) in [6.45, 7) is 3.21. The molecular weight excluding hydrogens is 361 g/mol. The number of nitrogens with zero attached hydrogens (tertiary/aromatic N) is 3. The van der Waals surface area contributed by atoms with Gasteiger partial charge in [0.25, 0.3) is 11.8 Å². The van der Waals surface area contributed by atoms with E-state index in [1.807, 2.05) is 6.07 Å². The third kappa shape index (κ3) is 4.46. The summed E-state index contributed by atoms with van der Waals surface area (Å²) in [7, 11) is 0. The molecule has 1 atom stereocenters. The normalized spacial score (nSPS) is 14.9. The summed E-state index contributed by atoms with van der Waals surface area (Å²) < 4.78 is 19.0. The van der Waals surface area contributed by atoms with Gasteiger partial charge in [0.2, 0.25) is 0 Å². The molecule has 1 unspecified atom stereocenters. The molecule has 28 heavy (non-hydrogen) atoms. The predicted octanol–water partition coefficient (Wildman–Crippen LogP) is 2.45. The molecule has 144 valence electrons. The van der Waals surface area contributed by atoms with Gasteiger partial charge >= 0.3 is 0 Å². The molecule has 7 heteroatoms. The van der Waals surface area contributed by atoms with Gasteiger partial charge in [-0.3, -0.25) is 9.59 Å². The zero-order valence-corrected chi connectivity index (χ0v) is 15.5. The van der Waals surface area contributed by atoms with Gasteiger partial charge in [-0.15, -0.1) is 0 Å². The minimum atomic E-state index is -0.682. The molecule has 0 aromatic heterocycles. The molecule has 2 aromatic rings. The molecule has 1 aliphatic rings. The minimum Gasteiger partial charge on any atom is -0.481 e. The van der Waals surface area contributed by atoms with E-state index in [1.54, 1.807) is 47.1 Å². The predicted molar refractivity (Wildman–Crippen MR) is 100 cm³/mol. The van der Waals surface area contributed by atoms with Gasteiger partial charge in [-0.2, -0.15) is 5.26 Å². The van der Waals surface area contributed by atoms with Gasteiger partial charge in [0.15, 0.2) is 6.10 Å². The summed E-state index contributed by atoms with van der Waals surface area (Å²) >= 11 is 0. The molecule has 0 radical (unpaired) electrons. The molecule has 1 aliphatic heterocycles. The van der Waals surface area contributed by atoms with Crippen LogP contribution in [0, 0.1) is 17.1 Å². The minimum absolute atomic E-state index is 0.165. The average Bonchev–Trinajstić information content (AvgIpc) is 2.73. The third-order valence-electron chi connectivity index (χ3n) is 4.59. The quantitative estimate of drug-likeness (QED) is 0.815. The van der Waals surface area contributed by atoms with Crippen molar-refractivity contribution in [2.75, 3.05) is 26.2 Å². The fraction of sp³-hybridized carbons (Fsp3) is 0.286. The van der Waals surface area contributed by atoms with Crippen molar-refractivity contribution in [1.82, 2.24) is 9.80 Å². The Labute approximate surface area is 162 Å². The van der Waals surface area contributed by atoms with Crippen LogP contribution in [0.25, 0.3) is 0 Å². The van der Waals surface area contributed by atoms with Gasteiger partial charge in [-0.25, -0.2) is 4.39 Å². The maximum absolute atomic E-state index is 13.3. The Hall–Kier alpha value is -3.40. The first kappa shape index (κ1) is 19.4. The Morgan fingerprint density at radius 1 is 1.07 bits per heavy atom. The molecule has 0 bridgehead atoms. The molecule has 0 N–H and O–H groups in total. The summed E-state index contributed by atoms with van der Waals surface area (Å²) in [5, 5.41) is 8.82. The number of carbonyl (C=O) groups excluding carboxylic acids is 2. The van der Waals surface area contributed by atoms with E-state index in [0.29, 0.717) is 43.1 Å². The molecule has 0 spiro atoms. The van der Waals surface area contributed by atoms with Crippen LogP contribution in [0.5, 0.6) is 5.75 Å². The number of halogens is 1. The first-order valence-corrected chi connectivity index (χ1v) is 8.98. The van der Waals surface area contributed by atoms with Crippen molar-refractivity contribution in [3.05, 3.63) is 65.5 Å². The number of rotatable bonds is 4. The maximum Gasteiger partial charge on any atom is 0.263 e. The Bertz CT molecular complexity index is 900. The van der Waals surface area contributed by atoms with E-state index in [1.165, 1.54) is 18.2 Å². The second kappa shape index (κ2) is 8.53. The number of piperazine rings is 1. The van der Waals surface area contributed by atoms with Crippen molar-refractivity contribution < 1.29 is 18.7 Å². The lowest BCUT2D eigenvalue weighted by Gasteiger charge is -2.36. The molecule has 3 rings (SSSR count). The first-order valence-electron chi connectivity index (χ1n) is 8.98. The van der Waals surface area contributed by atoms with Crippen LogP contribution in [0.15, 0.2) is 48.5 Å². The van der Waals surface area contributed by atoms with Gasteiger partial charge in [-0.1, -0.05) is 6.07 Å². The van der Waals surface area contributed by atoms with Crippen LogP contribution >= 0.6 is 0 Å². The van der Waals surface area contributed by atoms with E-state index in [9.17, 15) is 14.0 Å². The lowest BCUT2D eigenvalue weighted by atomic mass is 10.1. The van der Waals surface area contributed by atoms with Crippen LogP contribution < -0.4 is 4.74 Å². The summed E-state index contributed by atoms with van der Waals surface area (Å²) in [6.07, 6.45) is -0.682. The van der Waals surface area contributed by atoms with Crippen molar-refractivity contribution >= 4 is 11.8 Å². The molecular formula is C21H20FN3O3. The molecule has 2 amide bonds. The van der Waals surface area contributed by atoms with Crippen molar-refractivity contribution in [1.29, 1.82) is 5.26 Å². The van der Waals surface area contributed by atoms with Crippen LogP contribution in [-0.4, -0.2) is 53.9 Å². The lowest BCUT2D eigenvalue weighted by molar-refractivity contribution is -0.139. The fourth-order valence-electron chi connectivity index (χ4n) is 3.05. The number of hydrogen-bond donors (Lipinski definition) is 0. The molecule has 1 fully saturated rings. The van der Waals surface area contributed by atoms with Crippen LogP contribution in [0.1, 0.15) is 22.8 Å². The highest BCUT2D eigenvalue weighted by Crippen LogP contribution is 2.16. The highest BCUT2D eigenvalue weighted by Gasteiger charge is 2.28. The monoisotopic (exact) mass is 381 g/mol. The van der Waals surface area contributed by atoms with E-state index >= 15 is 0 Å². The topological polar surface area (TPSA) is 73.6 Å². The Balaban J connectivity index is 1.54. The largest absolute Gasteiger partial charge is 0.481 e. The Morgan fingerprint density at radius 2 is 1.71 bits per heavy atom. The second-order valence-electron chi connectivity index (χ2n) is 6.52. The van der Waals surface area contributed by atoms with Crippen LogP contribution in [0.2, 0.25) is 0 Å². The van der Waals surface area contributed by atoms with Crippen LogP contribution in [0.4, 0.5) is 4.39 Å². The number of hydrogen-bond acceptors (Lipinski definition) is 4. The standard InChI is InChI=1S/C21H20FN3O3/c1-15(28-19-7-5-16(14-23)6-8-19)20(26)24-9-11-25(12-10-24)21(27)17-3-2-4-18(22)13-17/h2-8,13,15H,9-12H2,1H3. The fourth-order valence-corrected chi connectivity index (χ4v) is 3.05. The van der Waals surface area contributed by atoms with Gasteiger partial charge in [0.05, 0.1) is 11.6 Å². The van der Waals surface area contributed by atoms with Gasteiger partial charge in [0.1, 0.15) is 11.6 Å². The van der Waals surface area contributed by atoms with Crippen molar-refractivity contribution in [3.63, 3.8) is 0 Å². The van der Waals surface area contributed by atoms with Crippen molar-refractivity contribution in [2.45, 2.75) is 13.0 Å². The summed E-state index contributed by atoms with van der Waals surface area (Å²) in [5.74, 6) is -0.344. The van der Waals surface area contributed by atoms with E-state index in [2.05, 4.69) is 0 Å². The van der Waals surface area contributed by atoms with E-state index in [0.717, 1.165) is 0 Å². The third-order valence-corrected chi connectivity index (χ3v) is 4.59. The SMILES string of the molecule is CC(Oc1ccc(C#N)cc1)C(=O)N1CCN(C(=O)c2cccc(F)c2)CC1. The number of benzene rings is 2. The smallest absolute Gasteiger partial charge is 0.263 e. The van der Waals surface area contributed by atoms with E-state index < -0.39 is 11.9 Å². The molecule has 2 aromatic carbocycles. The Kier molecular flexibility index (Phi) is 5.90. The van der Waals surface area contributed by atoms with Gasteiger partial charge in [-0.05, 0) is 49.4 Å². The van der Waals surface area contributed by atoms with Gasteiger partial charge < -0.3 is 14.5 Å². The Morgan fingerprint density at radius 3 is 2.32 bits per heavy atom. The number of nitriles is 1. The zero-order valence-electron chi connectivity index (χ0n) is 15.5. The van der Waals surface area contributed by atoms with E-state index in [4.69, 9.17) is 10.00 Å². The van der Waals surface area contributed by atoms with Crippen molar-refractivity contribution in [3.8, 4) is 11.8 Å². The number of carbonyl (C=O) groups is 2. The highest BCUT2D eigenvalue weighted by atomic mass is 19.1.